The molecule has 0 aromatic carbocycles. The van der Waals surface area contributed by atoms with Crippen molar-refractivity contribution in [2.24, 2.45) is 7.05 Å². The Labute approximate surface area is 102 Å². The van der Waals surface area contributed by atoms with Crippen molar-refractivity contribution in [1.29, 1.82) is 0 Å². The predicted octanol–water partition coefficient (Wildman–Crippen LogP) is -0.354. The van der Waals surface area contributed by atoms with E-state index < -0.39 is 5.91 Å². The summed E-state index contributed by atoms with van der Waals surface area (Å²) in [6.45, 7) is 1.71. The lowest BCUT2D eigenvalue weighted by Gasteiger charge is -2.04. The van der Waals surface area contributed by atoms with E-state index in [0.717, 1.165) is 0 Å². The molecule has 0 aliphatic rings. The molecule has 0 aliphatic carbocycles. The molecule has 0 unspecified atom stereocenters. The van der Waals surface area contributed by atoms with Crippen LogP contribution < -0.4 is 16.6 Å². The van der Waals surface area contributed by atoms with Gasteiger partial charge in [0.25, 0.3) is 11.5 Å². The molecule has 0 radical (unpaired) electrons. The summed E-state index contributed by atoms with van der Waals surface area (Å²) in [5.74, 6) is -0.201. The molecule has 1 amide bonds. The average molecular weight is 248 g/mol. The molecule has 2 rings (SSSR count). The number of carbonyl (C=O) groups excluding carboxylic acids is 1. The minimum Gasteiger partial charge on any atom is -0.395 e. The molecule has 0 saturated carbocycles. The van der Waals surface area contributed by atoms with Gasteiger partial charge in [0, 0.05) is 13.1 Å². The van der Waals surface area contributed by atoms with Gasteiger partial charge >= 0.3 is 0 Å². The second kappa shape index (κ2) is 4.32. The van der Waals surface area contributed by atoms with Crippen molar-refractivity contribution in [1.82, 2.24) is 20.0 Å². The van der Waals surface area contributed by atoms with Crippen molar-refractivity contribution >= 4 is 17.4 Å². The fourth-order valence-corrected chi connectivity index (χ4v) is 1.53. The lowest BCUT2D eigenvalue weighted by molar-refractivity contribution is 0.101. The zero-order chi connectivity index (χ0) is 13.3. The van der Waals surface area contributed by atoms with E-state index in [1.54, 1.807) is 14.0 Å². The van der Waals surface area contributed by atoms with Gasteiger partial charge in [-0.2, -0.15) is 10.2 Å². The fourth-order valence-electron chi connectivity index (χ4n) is 1.53. The lowest BCUT2D eigenvalue weighted by atomic mass is 10.3. The van der Waals surface area contributed by atoms with Crippen LogP contribution in [0.1, 0.15) is 16.2 Å². The Morgan fingerprint density at radius 2 is 2.22 bits per heavy atom. The van der Waals surface area contributed by atoms with Crippen LogP contribution >= 0.6 is 0 Å². The number of hydrogen-bond acceptors (Lipinski definition) is 5. The number of amides is 1. The topological polar surface area (TPSA) is 119 Å². The number of H-pyrrole nitrogens is 1. The van der Waals surface area contributed by atoms with Gasteiger partial charge in [-0.15, -0.1) is 0 Å². The number of aromatic nitrogens is 4. The maximum Gasteiger partial charge on any atom is 0.277 e. The molecular weight excluding hydrogens is 236 g/mol. The van der Waals surface area contributed by atoms with Crippen LogP contribution in [0.25, 0.3) is 0 Å². The van der Waals surface area contributed by atoms with Gasteiger partial charge in [-0.1, -0.05) is 0 Å². The van der Waals surface area contributed by atoms with E-state index in [4.69, 9.17) is 5.73 Å². The number of aromatic amines is 1. The number of nitrogen functional groups attached to an aromatic ring is 1. The molecular formula is C10H12N6O2. The zero-order valence-corrected chi connectivity index (χ0v) is 9.89. The summed E-state index contributed by atoms with van der Waals surface area (Å²) in [5, 5.41) is 12.4. The zero-order valence-electron chi connectivity index (χ0n) is 9.89. The minimum absolute atomic E-state index is 0.234. The van der Waals surface area contributed by atoms with E-state index in [0.29, 0.717) is 11.4 Å². The van der Waals surface area contributed by atoms with Crippen molar-refractivity contribution < 1.29 is 4.79 Å². The highest BCUT2D eigenvalue weighted by atomic mass is 16.2. The Morgan fingerprint density at radius 3 is 2.72 bits per heavy atom. The molecule has 18 heavy (non-hydrogen) atoms. The van der Waals surface area contributed by atoms with Crippen LogP contribution in [0.2, 0.25) is 0 Å². The molecule has 8 nitrogen and oxygen atoms in total. The predicted molar refractivity (Wildman–Crippen MR) is 65.2 cm³/mol. The lowest BCUT2D eigenvalue weighted by Crippen LogP contribution is -2.19. The summed E-state index contributed by atoms with van der Waals surface area (Å²) in [6.07, 6.45) is 0. The molecule has 2 aromatic rings. The van der Waals surface area contributed by atoms with Crippen molar-refractivity contribution in [3.8, 4) is 0 Å². The van der Waals surface area contributed by atoms with E-state index in [1.165, 1.54) is 16.8 Å². The smallest absolute Gasteiger partial charge is 0.277 e. The van der Waals surface area contributed by atoms with E-state index in [1.807, 2.05) is 0 Å². The quantitative estimate of drug-likeness (QED) is 0.671. The number of nitrogens with two attached hydrogens (primary N) is 1. The minimum atomic E-state index is -0.435. The Kier molecular flexibility index (Phi) is 2.84. The van der Waals surface area contributed by atoms with Crippen molar-refractivity contribution in [3.63, 3.8) is 0 Å². The van der Waals surface area contributed by atoms with Crippen LogP contribution in [0.5, 0.6) is 0 Å². The van der Waals surface area contributed by atoms with Gasteiger partial charge in [-0.05, 0) is 13.0 Å². The fraction of sp³-hybridized carbons (Fsp3) is 0.200. The van der Waals surface area contributed by atoms with Gasteiger partial charge in [-0.25, -0.2) is 5.10 Å². The molecule has 0 bridgehead atoms. The van der Waals surface area contributed by atoms with Crippen LogP contribution in [0.15, 0.2) is 16.9 Å². The van der Waals surface area contributed by atoms with E-state index in [-0.39, 0.29) is 17.1 Å². The monoisotopic (exact) mass is 248 g/mol. The molecule has 0 fully saturated rings. The Morgan fingerprint density at radius 1 is 1.50 bits per heavy atom. The number of nitrogens with zero attached hydrogens (tertiary/aromatic N) is 3. The van der Waals surface area contributed by atoms with Crippen LogP contribution in [0.4, 0.5) is 11.5 Å². The first-order valence-corrected chi connectivity index (χ1v) is 5.15. The number of rotatable bonds is 2. The highest BCUT2D eigenvalue weighted by Crippen LogP contribution is 2.16. The van der Waals surface area contributed by atoms with Crippen LogP contribution in [0, 0.1) is 6.92 Å². The summed E-state index contributed by atoms with van der Waals surface area (Å²) in [5.41, 5.74) is 6.57. The first-order chi connectivity index (χ1) is 8.49. The SMILES string of the molecule is Cc1nn(C)c(C(=O)Nc2ccc(=O)[nH]n2)c1N. The average Bonchev–Trinajstić information content (AvgIpc) is 2.56. The highest BCUT2D eigenvalue weighted by molar-refractivity contribution is 6.06. The second-order valence-corrected chi connectivity index (χ2v) is 3.73. The van der Waals surface area contributed by atoms with E-state index in [9.17, 15) is 9.59 Å². The number of nitrogens with one attached hydrogen (secondary N) is 2. The summed E-state index contributed by atoms with van der Waals surface area (Å²) in [7, 11) is 1.62. The highest BCUT2D eigenvalue weighted by Gasteiger charge is 2.18. The number of anilines is 2. The third-order valence-electron chi connectivity index (χ3n) is 2.40. The summed E-state index contributed by atoms with van der Waals surface area (Å²) in [4.78, 5) is 22.8. The van der Waals surface area contributed by atoms with Crippen molar-refractivity contribution in [2.75, 3.05) is 11.1 Å². The molecule has 0 spiro atoms. The van der Waals surface area contributed by atoms with Gasteiger partial charge in [0.2, 0.25) is 0 Å². The third-order valence-corrected chi connectivity index (χ3v) is 2.40. The van der Waals surface area contributed by atoms with Gasteiger partial charge in [0.05, 0.1) is 11.4 Å². The Hall–Kier alpha value is -2.64. The third kappa shape index (κ3) is 2.08. The van der Waals surface area contributed by atoms with E-state index >= 15 is 0 Å². The number of carbonyl (C=O) groups is 1. The molecule has 0 atom stereocenters. The van der Waals surface area contributed by atoms with Crippen molar-refractivity contribution in [2.45, 2.75) is 6.92 Å². The normalized spacial score (nSPS) is 10.3. The summed E-state index contributed by atoms with van der Waals surface area (Å²) in [6, 6.07) is 2.66. The number of aryl methyl sites for hydroxylation is 2. The molecule has 0 aliphatic heterocycles. The van der Waals surface area contributed by atoms with Crippen LogP contribution in [-0.2, 0) is 7.05 Å². The van der Waals surface area contributed by atoms with Gasteiger partial charge in [0.15, 0.2) is 5.82 Å². The molecule has 94 valence electrons. The van der Waals surface area contributed by atoms with Crippen LogP contribution in [0.3, 0.4) is 0 Å². The largest absolute Gasteiger partial charge is 0.395 e. The number of hydrogen-bond donors (Lipinski definition) is 3. The summed E-state index contributed by atoms with van der Waals surface area (Å²) >= 11 is 0. The Balaban J connectivity index is 2.27. The molecule has 4 N–H and O–H groups in total. The first kappa shape index (κ1) is 11.8. The van der Waals surface area contributed by atoms with Gasteiger partial charge in [0.1, 0.15) is 5.69 Å². The molecule has 2 heterocycles. The molecule has 8 heteroatoms. The summed E-state index contributed by atoms with van der Waals surface area (Å²) < 4.78 is 1.39. The van der Waals surface area contributed by atoms with Gasteiger partial charge in [-0.3, -0.25) is 14.3 Å². The molecule has 0 saturated heterocycles. The molecule has 2 aromatic heterocycles. The maximum atomic E-state index is 12.0. The van der Waals surface area contributed by atoms with Gasteiger partial charge < -0.3 is 11.1 Å². The maximum absolute atomic E-state index is 12.0. The standard InChI is InChI=1S/C10H12N6O2/c1-5-8(11)9(16(2)15-5)10(18)12-6-3-4-7(17)14-13-6/h3-4H,11H2,1-2H3,(H,14,17)(H,12,13,18). The van der Waals surface area contributed by atoms with Crippen LogP contribution in [-0.4, -0.2) is 25.9 Å². The second-order valence-electron chi connectivity index (χ2n) is 3.73. The Bertz CT molecular complexity index is 636. The van der Waals surface area contributed by atoms with Crippen molar-refractivity contribution in [3.05, 3.63) is 33.9 Å². The first-order valence-electron chi connectivity index (χ1n) is 5.15. The van der Waals surface area contributed by atoms with E-state index in [2.05, 4.69) is 20.6 Å².